The fourth-order valence-corrected chi connectivity index (χ4v) is 4.57. The van der Waals surface area contributed by atoms with Crippen molar-refractivity contribution in [3.05, 3.63) is 16.4 Å². The highest BCUT2D eigenvalue weighted by Crippen LogP contribution is 2.49. The summed E-state index contributed by atoms with van der Waals surface area (Å²) >= 11 is 5.75. The van der Waals surface area contributed by atoms with Crippen LogP contribution in [0.1, 0.15) is 48.8 Å². The van der Waals surface area contributed by atoms with Gasteiger partial charge in [-0.25, -0.2) is 0 Å². The van der Waals surface area contributed by atoms with E-state index >= 15 is 0 Å². The second-order valence-corrected chi connectivity index (χ2v) is 7.11. The van der Waals surface area contributed by atoms with Crippen molar-refractivity contribution >= 4 is 17.5 Å². The maximum absolute atomic E-state index is 12.8. The smallest absolute Gasteiger partial charge is 0.348 e. The molecule has 0 aromatic carbocycles. The van der Waals surface area contributed by atoms with Crippen molar-refractivity contribution in [2.45, 2.75) is 44.8 Å². The quantitative estimate of drug-likeness (QED) is 0.905. The summed E-state index contributed by atoms with van der Waals surface area (Å²) in [5.74, 6) is 1.15. The van der Waals surface area contributed by atoms with Crippen LogP contribution < -0.4 is 5.32 Å². The summed E-state index contributed by atoms with van der Waals surface area (Å²) < 4.78 is 39.4. The molecular formula is C15H19ClF3N3O. The van der Waals surface area contributed by atoms with E-state index in [1.54, 1.807) is 0 Å². The molecule has 23 heavy (non-hydrogen) atoms. The van der Waals surface area contributed by atoms with E-state index in [1.165, 1.54) is 26.3 Å². The molecule has 2 bridgehead atoms. The standard InChI is InChI=1S/C15H19ClF3N3O/c1-7(10-6-8-3-4-9(10)5-8)20-14(23)12-11(16)13(15(17,18)19)21-22(12)2/h7-10H,3-6H2,1-2H3,(H,20,23)/t7-,8+,9+,10-/m0/s1. The van der Waals surface area contributed by atoms with Crippen molar-refractivity contribution in [1.82, 2.24) is 15.1 Å². The minimum absolute atomic E-state index is 0.0851. The lowest BCUT2D eigenvalue weighted by molar-refractivity contribution is -0.141. The Labute approximate surface area is 137 Å². The van der Waals surface area contributed by atoms with Crippen LogP contribution in [0.3, 0.4) is 0 Å². The fourth-order valence-electron chi connectivity index (χ4n) is 4.21. The van der Waals surface area contributed by atoms with E-state index in [1.807, 2.05) is 6.92 Å². The zero-order chi connectivity index (χ0) is 16.9. The molecule has 4 atom stereocenters. The molecule has 2 aliphatic rings. The van der Waals surface area contributed by atoms with E-state index in [0.29, 0.717) is 11.8 Å². The van der Waals surface area contributed by atoms with Gasteiger partial charge in [0, 0.05) is 13.1 Å². The minimum atomic E-state index is -4.68. The van der Waals surface area contributed by atoms with E-state index < -0.39 is 22.8 Å². The summed E-state index contributed by atoms with van der Waals surface area (Å²) in [4.78, 5) is 12.4. The molecule has 1 N–H and O–H groups in total. The molecular weight excluding hydrogens is 331 g/mol. The molecule has 1 aromatic heterocycles. The Kier molecular flexibility index (Phi) is 4.11. The zero-order valence-corrected chi connectivity index (χ0v) is 13.7. The van der Waals surface area contributed by atoms with E-state index in [9.17, 15) is 18.0 Å². The predicted octanol–water partition coefficient (Wildman–Crippen LogP) is 3.65. The second-order valence-electron chi connectivity index (χ2n) is 6.73. The van der Waals surface area contributed by atoms with Crippen LogP contribution in [0, 0.1) is 17.8 Å². The molecule has 128 valence electrons. The predicted molar refractivity (Wildman–Crippen MR) is 79.1 cm³/mol. The molecule has 2 saturated carbocycles. The highest BCUT2D eigenvalue weighted by molar-refractivity contribution is 6.34. The molecule has 0 radical (unpaired) electrons. The molecule has 1 amide bonds. The number of carbonyl (C=O) groups is 1. The van der Waals surface area contributed by atoms with Crippen LogP contribution in [0.2, 0.25) is 5.02 Å². The Balaban J connectivity index is 1.75. The molecule has 3 rings (SSSR count). The van der Waals surface area contributed by atoms with Gasteiger partial charge in [-0.2, -0.15) is 18.3 Å². The summed E-state index contributed by atoms with van der Waals surface area (Å²) in [7, 11) is 1.29. The number of hydrogen-bond donors (Lipinski definition) is 1. The van der Waals surface area contributed by atoms with Gasteiger partial charge < -0.3 is 5.32 Å². The fraction of sp³-hybridized carbons (Fsp3) is 0.733. The number of hydrogen-bond acceptors (Lipinski definition) is 2. The van der Waals surface area contributed by atoms with Crippen LogP contribution >= 0.6 is 11.6 Å². The highest BCUT2D eigenvalue weighted by Gasteiger charge is 2.43. The second kappa shape index (κ2) is 5.69. The third-order valence-electron chi connectivity index (χ3n) is 5.27. The van der Waals surface area contributed by atoms with E-state index in [-0.39, 0.29) is 11.7 Å². The largest absolute Gasteiger partial charge is 0.436 e. The van der Waals surface area contributed by atoms with Gasteiger partial charge in [-0.1, -0.05) is 18.0 Å². The van der Waals surface area contributed by atoms with Crippen LogP contribution in [0.15, 0.2) is 0 Å². The first-order valence-electron chi connectivity index (χ1n) is 7.79. The number of aryl methyl sites for hydroxylation is 1. The number of amides is 1. The summed E-state index contributed by atoms with van der Waals surface area (Å²) in [5.41, 5.74) is -1.46. The number of nitrogens with zero attached hydrogens (tertiary/aromatic N) is 2. The SMILES string of the molecule is C[C@H](NC(=O)c1c(Cl)c(C(F)(F)F)nn1C)[C@@H]1C[C@@H]2CC[C@@H]1C2. The Morgan fingerprint density at radius 2 is 2.09 bits per heavy atom. The number of alkyl halides is 3. The van der Waals surface area contributed by atoms with Gasteiger partial charge in [0.2, 0.25) is 0 Å². The van der Waals surface area contributed by atoms with Crippen LogP contribution in [-0.2, 0) is 13.2 Å². The van der Waals surface area contributed by atoms with Crippen molar-refractivity contribution in [1.29, 1.82) is 0 Å². The van der Waals surface area contributed by atoms with Gasteiger partial charge in [0.05, 0.1) is 0 Å². The number of aromatic nitrogens is 2. The third-order valence-corrected chi connectivity index (χ3v) is 5.62. The topological polar surface area (TPSA) is 46.9 Å². The first-order chi connectivity index (χ1) is 10.7. The average molecular weight is 350 g/mol. The Bertz CT molecular complexity index is 628. The summed E-state index contributed by atoms with van der Waals surface area (Å²) in [6, 6.07) is -0.0851. The van der Waals surface area contributed by atoms with Gasteiger partial charge in [0.25, 0.3) is 5.91 Å². The molecule has 8 heteroatoms. The van der Waals surface area contributed by atoms with Crippen molar-refractivity contribution in [2.75, 3.05) is 0 Å². The summed E-state index contributed by atoms with van der Waals surface area (Å²) in [5, 5.41) is 5.52. The van der Waals surface area contributed by atoms with Gasteiger partial charge in [0.15, 0.2) is 5.69 Å². The van der Waals surface area contributed by atoms with Crippen molar-refractivity contribution < 1.29 is 18.0 Å². The van der Waals surface area contributed by atoms with Gasteiger partial charge in [0.1, 0.15) is 10.7 Å². The van der Waals surface area contributed by atoms with E-state index in [0.717, 1.165) is 17.0 Å². The number of rotatable bonds is 3. The Hall–Kier alpha value is -1.24. The Morgan fingerprint density at radius 3 is 2.57 bits per heavy atom. The van der Waals surface area contributed by atoms with Crippen molar-refractivity contribution in [3.63, 3.8) is 0 Å². The normalized spacial score (nSPS) is 28.2. The number of fused-ring (bicyclic) bond motifs is 2. The maximum Gasteiger partial charge on any atom is 0.436 e. The van der Waals surface area contributed by atoms with E-state index in [4.69, 9.17) is 11.6 Å². The zero-order valence-electron chi connectivity index (χ0n) is 13.0. The molecule has 0 spiro atoms. The van der Waals surface area contributed by atoms with Gasteiger partial charge in [-0.3, -0.25) is 9.48 Å². The molecule has 0 saturated heterocycles. The van der Waals surface area contributed by atoms with Crippen LogP contribution in [0.25, 0.3) is 0 Å². The molecule has 0 unspecified atom stereocenters. The molecule has 2 fully saturated rings. The molecule has 2 aliphatic carbocycles. The average Bonchev–Trinajstić information content (AvgIpc) is 3.12. The van der Waals surface area contributed by atoms with Crippen molar-refractivity contribution in [2.24, 2.45) is 24.8 Å². The molecule has 1 heterocycles. The third kappa shape index (κ3) is 2.95. The first kappa shape index (κ1) is 16.6. The highest BCUT2D eigenvalue weighted by atomic mass is 35.5. The first-order valence-corrected chi connectivity index (χ1v) is 8.16. The number of nitrogens with one attached hydrogen (secondary N) is 1. The van der Waals surface area contributed by atoms with Crippen LogP contribution in [-0.4, -0.2) is 21.7 Å². The summed E-state index contributed by atoms with van der Waals surface area (Å²) in [6.45, 7) is 1.91. The lowest BCUT2D eigenvalue weighted by Gasteiger charge is -2.28. The van der Waals surface area contributed by atoms with Gasteiger partial charge >= 0.3 is 6.18 Å². The van der Waals surface area contributed by atoms with Crippen molar-refractivity contribution in [3.8, 4) is 0 Å². The minimum Gasteiger partial charge on any atom is -0.348 e. The number of halogens is 4. The summed E-state index contributed by atoms with van der Waals surface area (Å²) in [6.07, 6.45) is 0.0444. The Morgan fingerprint density at radius 1 is 1.39 bits per heavy atom. The number of carbonyl (C=O) groups excluding carboxylic acids is 1. The van der Waals surface area contributed by atoms with Crippen LogP contribution in [0.5, 0.6) is 0 Å². The monoisotopic (exact) mass is 349 g/mol. The van der Waals surface area contributed by atoms with Crippen LogP contribution in [0.4, 0.5) is 13.2 Å². The van der Waals surface area contributed by atoms with Gasteiger partial charge in [-0.15, -0.1) is 0 Å². The lowest BCUT2D eigenvalue weighted by atomic mass is 9.84. The molecule has 0 aliphatic heterocycles. The molecule has 1 aromatic rings. The molecule has 4 nitrogen and oxygen atoms in total. The maximum atomic E-state index is 12.8. The lowest BCUT2D eigenvalue weighted by Crippen LogP contribution is -2.40. The van der Waals surface area contributed by atoms with E-state index in [2.05, 4.69) is 10.4 Å². The van der Waals surface area contributed by atoms with Gasteiger partial charge in [-0.05, 0) is 43.9 Å².